The summed E-state index contributed by atoms with van der Waals surface area (Å²) in [6.07, 6.45) is 1.52. The Morgan fingerprint density at radius 1 is 1.11 bits per heavy atom. The fraction of sp³-hybridized carbons (Fsp3) is 0.385. The first-order valence-corrected chi connectivity index (χ1v) is 15.2. The van der Waals surface area contributed by atoms with Crippen molar-refractivity contribution in [1.29, 1.82) is 0 Å². The van der Waals surface area contributed by atoms with Gasteiger partial charge in [-0.2, -0.15) is 4.98 Å². The second-order valence-corrected chi connectivity index (χ2v) is 13.3. The zero-order chi connectivity index (χ0) is 26.6. The van der Waals surface area contributed by atoms with Crippen LogP contribution in [-0.4, -0.2) is 79.5 Å². The van der Waals surface area contributed by atoms with Crippen LogP contribution >= 0.6 is 18.7 Å². The maximum absolute atomic E-state index is 12.7. The van der Waals surface area contributed by atoms with Crippen LogP contribution in [0.15, 0.2) is 42.6 Å². The van der Waals surface area contributed by atoms with E-state index in [4.69, 9.17) is 22.1 Å². The summed E-state index contributed by atoms with van der Waals surface area (Å²) in [5.41, 5.74) is 9.25. The van der Waals surface area contributed by atoms with E-state index in [1.165, 1.54) is 6.20 Å². The van der Waals surface area contributed by atoms with Crippen LogP contribution in [-0.2, 0) is 4.57 Å². The number of ether oxygens (including phenoxy) is 1. The first-order valence-electron chi connectivity index (χ1n) is 12.2. The fourth-order valence-corrected chi connectivity index (χ4v) is 5.42. The SMILES string of the molecule is Cc1cc(OCCN2CCN(C)CC2)c(N)cc1Nc1ncc(Cl)c(Nc2ccccc2P(C)(C)=O)n1. The van der Waals surface area contributed by atoms with Crippen molar-refractivity contribution in [2.24, 2.45) is 0 Å². The van der Waals surface area contributed by atoms with Crippen molar-refractivity contribution < 1.29 is 9.30 Å². The Bertz CT molecular complexity index is 1290. The van der Waals surface area contributed by atoms with Crippen LogP contribution in [0.25, 0.3) is 0 Å². The monoisotopic (exact) mass is 543 g/mol. The van der Waals surface area contributed by atoms with Crippen molar-refractivity contribution in [3.05, 3.63) is 53.2 Å². The van der Waals surface area contributed by atoms with Crippen molar-refractivity contribution in [2.75, 3.05) is 76.1 Å². The molecule has 0 spiro atoms. The minimum Gasteiger partial charge on any atom is -0.490 e. The number of nitrogens with two attached hydrogens (primary N) is 1. The van der Waals surface area contributed by atoms with Crippen molar-refractivity contribution in [1.82, 2.24) is 19.8 Å². The van der Waals surface area contributed by atoms with Gasteiger partial charge in [-0.1, -0.05) is 23.7 Å². The van der Waals surface area contributed by atoms with Crippen LogP contribution in [0.3, 0.4) is 0 Å². The molecule has 0 radical (unpaired) electrons. The van der Waals surface area contributed by atoms with Gasteiger partial charge >= 0.3 is 0 Å². The third-order valence-electron chi connectivity index (χ3n) is 6.35. The molecule has 9 nitrogen and oxygen atoms in total. The lowest BCUT2D eigenvalue weighted by Gasteiger charge is -2.32. The Kier molecular flexibility index (Phi) is 8.60. The molecule has 0 aliphatic carbocycles. The molecule has 2 aromatic carbocycles. The average Bonchev–Trinajstić information content (AvgIpc) is 2.85. The van der Waals surface area contributed by atoms with Crippen molar-refractivity contribution in [3.8, 4) is 5.75 Å². The van der Waals surface area contributed by atoms with Gasteiger partial charge in [-0.05, 0) is 57.1 Å². The molecule has 1 aliphatic rings. The molecule has 11 heteroatoms. The van der Waals surface area contributed by atoms with Gasteiger partial charge in [0, 0.05) is 43.7 Å². The number of benzene rings is 2. The number of para-hydroxylation sites is 1. The van der Waals surface area contributed by atoms with E-state index in [-0.39, 0.29) is 0 Å². The van der Waals surface area contributed by atoms with E-state index in [1.54, 1.807) is 13.3 Å². The summed E-state index contributed by atoms with van der Waals surface area (Å²) < 4.78 is 18.7. The minimum atomic E-state index is -2.51. The predicted molar refractivity (Wildman–Crippen MR) is 154 cm³/mol. The number of likely N-dealkylation sites (N-methyl/N-ethyl adjacent to an activating group) is 1. The summed E-state index contributed by atoms with van der Waals surface area (Å²) in [5, 5.41) is 7.52. The molecule has 0 bridgehead atoms. The van der Waals surface area contributed by atoms with Crippen molar-refractivity contribution in [2.45, 2.75) is 6.92 Å². The molecule has 1 aliphatic heterocycles. The lowest BCUT2D eigenvalue weighted by molar-refractivity contribution is 0.134. The Morgan fingerprint density at radius 3 is 2.57 bits per heavy atom. The minimum absolute atomic E-state index is 0.350. The van der Waals surface area contributed by atoms with Gasteiger partial charge < -0.3 is 30.6 Å². The van der Waals surface area contributed by atoms with Gasteiger partial charge in [0.15, 0.2) is 5.82 Å². The number of rotatable bonds is 9. The normalized spacial score (nSPS) is 14.9. The summed E-state index contributed by atoms with van der Waals surface area (Å²) in [7, 11) is -0.357. The van der Waals surface area contributed by atoms with Crippen LogP contribution in [0.5, 0.6) is 5.75 Å². The topological polar surface area (TPSA) is 109 Å². The summed E-state index contributed by atoms with van der Waals surface area (Å²) in [4.78, 5) is 13.6. The zero-order valence-corrected chi connectivity index (χ0v) is 23.4. The quantitative estimate of drug-likeness (QED) is 0.267. The Hall–Kier alpha value is -2.84. The second kappa shape index (κ2) is 11.7. The summed E-state index contributed by atoms with van der Waals surface area (Å²) >= 11 is 6.38. The number of aromatic nitrogens is 2. The standard InChI is InChI=1S/C26H35ClN7O2P/c1-18-15-23(36-14-13-34-11-9-33(2)10-12-34)20(28)16-22(18)31-26-29-17-19(27)25(32-26)30-21-7-5-6-8-24(21)37(3,4)35/h5-8,15-17H,9-14,28H2,1-4H3,(H2,29,30,31,32). The van der Waals surface area contributed by atoms with Gasteiger partial charge in [-0.25, -0.2) is 4.98 Å². The van der Waals surface area contributed by atoms with Gasteiger partial charge in [0.1, 0.15) is 24.5 Å². The zero-order valence-electron chi connectivity index (χ0n) is 21.8. The van der Waals surface area contributed by atoms with E-state index in [9.17, 15) is 4.57 Å². The highest BCUT2D eigenvalue weighted by atomic mass is 35.5. The Morgan fingerprint density at radius 2 is 1.84 bits per heavy atom. The summed E-state index contributed by atoms with van der Waals surface area (Å²) in [5.74, 6) is 1.43. The van der Waals surface area contributed by atoms with Gasteiger partial charge in [0.25, 0.3) is 0 Å². The highest BCUT2D eigenvalue weighted by Gasteiger charge is 2.18. The maximum atomic E-state index is 12.7. The highest BCUT2D eigenvalue weighted by molar-refractivity contribution is 7.70. The van der Waals surface area contributed by atoms with Crippen molar-refractivity contribution >= 4 is 52.9 Å². The number of nitrogens with one attached hydrogen (secondary N) is 2. The molecule has 1 aromatic heterocycles. The van der Waals surface area contributed by atoms with Crippen LogP contribution in [0.1, 0.15) is 5.56 Å². The van der Waals surface area contributed by atoms with Crippen molar-refractivity contribution in [3.63, 3.8) is 0 Å². The molecule has 37 heavy (non-hydrogen) atoms. The predicted octanol–water partition coefficient (Wildman–Crippen LogP) is 4.38. The van der Waals surface area contributed by atoms with Crippen LogP contribution in [0.2, 0.25) is 5.02 Å². The molecular formula is C26H35ClN7O2P. The first kappa shape index (κ1) is 27.2. The summed E-state index contributed by atoms with van der Waals surface area (Å²) in [6, 6.07) is 11.2. The lowest BCUT2D eigenvalue weighted by Crippen LogP contribution is -2.45. The van der Waals surface area contributed by atoms with Gasteiger partial charge in [0.05, 0.1) is 17.6 Å². The number of halogens is 1. The average molecular weight is 544 g/mol. The van der Waals surface area contributed by atoms with Crippen LogP contribution in [0.4, 0.5) is 28.8 Å². The number of piperazine rings is 1. The molecule has 4 rings (SSSR count). The summed E-state index contributed by atoms with van der Waals surface area (Å²) in [6.45, 7) is 11.2. The number of anilines is 5. The number of hydrogen-bond donors (Lipinski definition) is 3. The molecule has 0 amide bonds. The molecule has 3 aromatic rings. The number of hydrogen-bond acceptors (Lipinski definition) is 9. The third kappa shape index (κ3) is 7.14. The second-order valence-electron chi connectivity index (χ2n) is 9.71. The molecule has 1 saturated heterocycles. The maximum Gasteiger partial charge on any atom is 0.229 e. The molecule has 4 N–H and O–H groups in total. The third-order valence-corrected chi connectivity index (χ3v) is 8.17. The first-order chi connectivity index (χ1) is 17.6. The number of nitrogen functional groups attached to an aromatic ring is 1. The smallest absolute Gasteiger partial charge is 0.229 e. The van der Waals surface area contributed by atoms with E-state index < -0.39 is 7.14 Å². The van der Waals surface area contributed by atoms with E-state index in [1.807, 2.05) is 43.3 Å². The van der Waals surface area contributed by atoms with E-state index >= 15 is 0 Å². The van der Waals surface area contributed by atoms with E-state index in [2.05, 4.69) is 37.4 Å². The molecule has 2 heterocycles. The molecule has 0 unspecified atom stereocenters. The number of aryl methyl sites for hydroxylation is 1. The molecule has 0 atom stereocenters. The molecular weight excluding hydrogens is 509 g/mol. The Balaban J connectivity index is 1.44. The van der Waals surface area contributed by atoms with Crippen LogP contribution < -0.4 is 26.4 Å². The highest BCUT2D eigenvalue weighted by Crippen LogP contribution is 2.39. The molecule has 0 saturated carbocycles. The van der Waals surface area contributed by atoms with Gasteiger partial charge in [-0.15, -0.1) is 0 Å². The van der Waals surface area contributed by atoms with E-state index in [0.29, 0.717) is 40.5 Å². The van der Waals surface area contributed by atoms with Crippen LogP contribution in [0, 0.1) is 6.92 Å². The van der Waals surface area contributed by atoms with Gasteiger partial charge in [-0.3, -0.25) is 4.90 Å². The molecule has 1 fully saturated rings. The lowest BCUT2D eigenvalue weighted by atomic mass is 10.1. The largest absolute Gasteiger partial charge is 0.490 e. The fourth-order valence-electron chi connectivity index (χ4n) is 4.13. The number of nitrogens with zero attached hydrogens (tertiary/aromatic N) is 4. The molecule has 198 valence electrons. The van der Waals surface area contributed by atoms with E-state index in [0.717, 1.165) is 49.3 Å². The Labute approximate surface area is 223 Å². The van der Waals surface area contributed by atoms with Gasteiger partial charge in [0.2, 0.25) is 5.95 Å².